The van der Waals surface area contributed by atoms with Crippen molar-refractivity contribution in [2.45, 2.75) is 0 Å². The van der Waals surface area contributed by atoms with Gasteiger partial charge in [-0.25, -0.2) is 0 Å². The summed E-state index contributed by atoms with van der Waals surface area (Å²) >= 11 is 3.62. The second kappa shape index (κ2) is 4.97. The lowest BCUT2D eigenvalue weighted by Gasteiger charge is -2.07. The van der Waals surface area contributed by atoms with E-state index in [2.05, 4.69) is 26.1 Å². The monoisotopic (exact) mass is 314 g/mol. The molecule has 0 unspecified atom stereocenters. The Hall–Kier alpha value is -1.94. The summed E-state index contributed by atoms with van der Waals surface area (Å²) in [5, 5.41) is 9.60. The first-order chi connectivity index (χ1) is 9.29. The molecule has 0 saturated carbocycles. The number of ether oxygens (including phenoxy) is 1. The fourth-order valence-corrected chi connectivity index (χ4v) is 2.60. The summed E-state index contributed by atoms with van der Waals surface area (Å²) < 4.78 is 6.12. The first-order valence-corrected chi connectivity index (χ1v) is 6.64. The fraction of sp³-hybridized carbons (Fsp3) is 0.0667. The van der Waals surface area contributed by atoms with Gasteiger partial charge < -0.3 is 4.74 Å². The van der Waals surface area contributed by atoms with Gasteiger partial charge in [0.05, 0.1) is 17.1 Å². The standard InChI is InChI=1S/C15H11BrN2O/c1-19-11-8-6-10(7-9-11)15-14(16)12-4-2-3-5-13(12)17-18-15/h2-9H,1H3. The molecule has 3 nitrogen and oxygen atoms in total. The molecule has 0 spiro atoms. The maximum absolute atomic E-state index is 5.16. The number of halogens is 1. The van der Waals surface area contributed by atoms with Gasteiger partial charge >= 0.3 is 0 Å². The van der Waals surface area contributed by atoms with Crippen molar-refractivity contribution in [1.82, 2.24) is 10.2 Å². The van der Waals surface area contributed by atoms with Crippen LogP contribution in [0.15, 0.2) is 53.0 Å². The zero-order valence-corrected chi connectivity index (χ0v) is 11.9. The van der Waals surface area contributed by atoms with E-state index in [1.807, 2.05) is 48.5 Å². The molecule has 0 aliphatic heterocycles. The van der Waals surface area contributed by atoms with Crippen LogP contribution in [0.1, 0.15) is 0 Å². The molecule has 94 valence electrons. The summed E-state index contributed by atoms with van der Waals surface area (Å²) in [6.45, 7) is 0. The molecule has 1 heterocycles. The molecule has 0 N–H and O–H groups in total. The van der Waals surface area contributed by atoms with Crippen LogP contribution >= 0.6 is 15.9 Å². The van der Waals surface area contributed by atoms with Crippen molar-refractivity contribution in [3.8, 4) is 17.0 Å². The van der Waals surface area contributed by atoms with E-state index >= 15 is 0 Å². The van der Waals surface area contributed by atoms with Crippen LogP contribution in [0.5, 0.6) is 5.75 Å². The first-order valence-electron chi connectivity index (χ1n) is 5.85. The Morgan fingerprint density at radius 2 is 1.68 bits per heavy atom. The first kappa shape index (κ1) is 12.1. The van der Waals surface area contributed by atoms with Crippen LogP contribution in [-0.4, -0.2) is 17.3 Å². The number of rotatable bonds is 2. The maximum atomic E-state index is 5.16. The average molecular weight is 315 g/mol. The van der Waals surface area contributed by atoms with Crippen molar-refractivity contribution in [3.05, 3.63) is 53.0 Å². The number of hydrogen-bond acceptors (Lipinski definition) is 3. The van der Waals surface area contributed by atoms with Gasteiger partial charge in [-0.1, -0.05) is 18.2 Å². The molecule has 0 aliphatic rings. The number of methoxy groups -OCH3 is 1. The quantitative estimate of drug-likeness (QED) is 0.715. The topological polar surface area (TPSA) is 35.0 Å². The van der Waals surface area contributed by atoms with Crippen LogP contribution in [0.3, 0.4) is 0 Å². The number of aromatic nitrogens is 2. The van der Waals surface area contributed by atoms with Crippen molar-refractivity contribution in [1.29, 1.82) is 0 Å². The van der Waals surface area contributed by atoms with Gasteiger partial charge in [0.1, 0.15) is 11.4 Å². The van der Waals surface area contributed by atoms with Crippen LogP contribution in [0, 0.1) is 0 Å². The number of benzene rings is 2. The van der Waals surface area contributed by atoms with E-state index in [1.165, 1.54) is 0 Å². The van der Waals surface area contributed by atoms with Crippen molar-refractivity contribution >= 4 is 26.8 Å². The van der Waals surface area contributed by atoms with E-state index in [0.29, 0.717) is 0 Å². The molecule has 0 radical (unpaired) electrons. The fourth-order valence-electron chi connectivity index (χ4n) is 1.96. The Kier molecular flexibility index (Phi) is 3.17. The van der Waals surface area contributed by atoms with Gasteiger partial charge in [0.2, 0.25) is 0 Å². The minimum Gasteiger partial charge on any atom is -0.497 e. The molecule has 0 amide bonds. The SMILES string of the molecule is COc1ccc(-c2nnc3ccccc3c2Br)cc1. The van der Waals surface area contributed by atoms with Gasteiger partial charge in [0.15, 0.2) is 0 Å². The predicted octanol–water partition coefficient (Wildman–Crippen LogP) is 4.07. The Balaban J connectivity index is 2.16. The zero-order valence-electron chi connectivity index (χ0n) is 10.3. The third-order valence-corrected chi connectivity index (χ3v) is 3.77. The molecule has 0 atom stereocenters. The smallest absolute Gasteiger partial charge is 0.118 e. The van der Waals surface area contributed by atoms with Gasteiger partial charge in [-0.2, -0.15) is 0 Å². The van der Waals surface area contributed by atoms with Crippen molar-refractivity contribution in [3.63, 3.8) is 0 Å². The molecule has 3 aromatic rings. The van der Waals surface area contributed by atoms with Gasteiger partial charge in [-0.3, -0.25) is 0 Å². The maximum Gasteiger partial charge on any atom is 0.118 e. The Labute approximate surface area is 119 Å². The number of fused-ring (bicyclic) bond motifs is 1. The molecule has 4 heteroatoms. The largest absolute Gasteiger partial charge is 0.497 e. The zero-order chi connectivity index (χ0) is 13.2. The minimum atomic E-state index is 0.827. The Morgan fingerprint density at radius 1 is 0.947 bits per heavy atom. The highest BCUT2D eigenvalue weighted by atomic mass is 79.9. The van der Waals surface area contributed by atoms with Gasteiger partial charge in [0, 0.05) is 10.9 Å². The normalized spacial score (nSPS) is 10.6. The Morgan fingerprint density at radius 3 is 2.42 bits per heavy atom. The van der Waals surface area contributed by atoms with E-state index in [9.17, 15) is 0 Å². The minimum absolute atomic E-state index is 0.827. The highest BCUT2D eigenvalue weighted by molar-refractivity contribution is 9.10. The number of hydrogen-bond donors (Lipinski definition) is 0. The third-order valence-electron chi connectivity index (χ3n) is 2.97. The number of nitrogens with zero attached hydrogens (tertiary/aromatic N) is 2. The van der Waals surface area contributed by atoms with Crippen LogP contribution in [0.25, 0.3) is 22.2 Å². The second-order valence-electron chi connectivity index (χ2n) is 4.11. The van der Waals surface area contributed by atoms with Crippen molar-refractivity contribution in [2.75, 3.05) is 7.11 Å². The predicted molar refractivity (Wildman–Crippen MR) is 79.2 cm³/mol. The van der Waals surface area contributed by atoms with Gasteiger partial charge in [0.25, 0.3) is 0 Å². The molecule has 0 fully saturated rings. The third kappa shape index (κ3) is 2.19. The molecule has 0 aliphatic carbocycles. The lowest BCUT2D eigenvalue weighted by molar-refractivity contribution is 0.415. The molecular weight excluding hydrogens is 304 g/mol. The molecule has 0 bridgehead atoms. The average Bonchev–Trinajstić information content (AvgIpc) is 2.48. The summed E-state index contributed by atoms with van der Waals surface area (Å²) in [7, 11) is 1.65. The molecule has 0 saturated heterocycles. The van der Waals surface area contributed by atoms with E-state index in [4.69, 9.17) is 4.74 Å². The summed E-state index contributed by atoms with van der Waals surface area (Å²) in [5.74, 6) is 0.827. The van der Waals surface area contributed by atoms with Crippen molar-refractivity contribution < 1.29 is 4.74 Å². The van der Waals surface area contributed by atoms with Gasteiger partial charge in [-0.05, 0) is 46.3 Å². The summed E-state index contributed by atoms with van der Waals surface area (Å²) in [4.78, 5) is 0. The molecule has 3 rings (SSSR count). The summed E-state index contributed by atoms with van der Waals surface area (Å²) in [6, 6.07) is 15.7. The second-order valence-corrected chi connectivity index (χ2v) is 4.90. The molecule has 19 heavy (non-hydrogen) atoms. The summed E-state index contributed by atoms with van der Waals surface area (Å²) in [5.41, 5.74) is 2.72. The van der Waals surface area contributed by atoms with E-state index in [1.54, 1.807) is 7.11 Å². The van der Waals surface area contributed by atoms with E-state index in [-0.39, 0.29) is 0 Å². The lowest BCUT2D eigenvalue weighted by Crippen LogP contribution is -1.92. The van der Waals surface area contributed by atoms with Crippen LogP contribution in [0.2, 0.25) is 0 Å². The Bertz CT molecular complexity index is 726. The summed E-state index contributed by atoms with van der Waals surface area (Å²) in [6.07, 6.45) is 0. The van der Waals surface area contributed by atoms with Crippen LogP contribution < -0.4 is 4.74 Å². The van der Waals surface area contributed by atoms with E-state index in [0.717, 1.165) is 32.4 Å². The van der Waals surface area contributed by atoms with Crippen molar-refractivity contribution in [2.24, 2.45) is 0 Å². The molecule has 2 aromatic carbocycles. The highest BCUT2D eigenvalue weighted by Crippen LogP contribution is 2.32. The highest BCUT2D eigenvalue weighted by Gasteiger charge is 2.09. The van der Waals surface area contributed by atoms with Crippen LogP contribution in [-0.2, 0) is 0 Å². The molecular formula is C15H11BrN2O. The van der Waals surface area contributed by atoms with Gasteiger partial charge in [-0.15, -0.1) is 10.2 Å². The van der Waals surface area contributed by atoms with E-state index < -0.39 is 0 Å². The lowest BCUT2D eigenvalue weighted by atomic mass is 10.1. The molecule has 1 aromatic heterocycles. The van der Waals surface area contributed by atoms with Crippen LogP contribution in [0.4, 0.5) is 0 Å².